The molecular weight excluding hydrogens is 356 g/mol. The Bertz CT molecular complexity index is 700. The van der Waals surface area contributed by atoms with Crippen molar-refractivity contribution in [1.29, 1.82) is 0 Å². The first-order chi connectivity index (χ1) is 13.2. The smallest absolute Gasteiger partial charge is 0.170 e. The van der Waals surface area contributed by atoms with Crippen LogP contribution in [-0.4, -0.2) is 51.5 Å². The number of rotatable bonds is 7. The second-order valence-electron chi connectivity index (χ2n) is 6.79. The molecule has 0 saturated carbocycles. The van der Waals surface area contributed by atoms with E-state index < -0.39 is 0 Å². The van der Waals surface area contributed by atoms with Crippen LogP contribution in [-0.2, 0) is 0 Å². The molecule has 0 bridgehead atoms. The van der Waals surface area contributed by atoms with Gasteiger partial charge in [-0.05, 0) is 48.6 Å². The van der Waals surface area contributed by atoms with Gasteiger partial charge in [-0.2, -0.15) is 0 Å². The summed E-state index contributed by atoms with van der Waals surface area (Å²) in [7, 11) is 1.70. The van der Waals surface area contributed by atoms with E-state index in [4.69, 9.17) is 17.0 Å². The predicted octanol–water partition coefficient (Wildman–Crippen LogP) is 1.78. The zero-order chi connectivity index (χ0) is 18.9. The van der Waals surface area contributed by atoms with Gasteiger partial charge in [-0.15, -0.1) is 0 Å². The summed E-state index contributed by atoms with van der Waals surface area (Å²) in [5.41, 5.74) is 2.31. The number of thiocarbonyl (C=S) groups is 1. The molecule has 0 radical (unpaired) electrons. The van der Waals surface area contributed by atoms with Crippen LogP contribution in [0.1, 0.15) is 6.42 Å². The number of methoxy groups -OCH3 is 1. The van der Waals surface area contributed by atoms with Crippen LogP contribution < -0.4 is 25.2 Å². The summed E-state index contributed by atoms with van der Waals surface area (Å²) in [5, 5.41) is 7.21. The van der Waals surface area contributed by atoms with Gasteiger partial charge in [0.1, 0.15) is 5.75 Å². The lowest BCUT2D eigenvalue weighted by Crippen LogP contribution is -3.15. The van der Waals surface area contributed by atoms with Crippen LogP contribution in [0, 0.1) is 0 Å². The van der Waals surface area contributed by atoms with Crippen molar-refractivity contribution in [2.75, 3.05) is 56.6 Å². The van der Waals surface area contributed by atoms with Gasteiger partial charge in [0.25, 0.3) is 0 Å². The summed E-state index contributed by atoms with van der Waals surface area (Å²) in [6, 6.07) is 18.4. The summed E-state index contributed by atoms with van der Waals surface area (Å²) < 4.78 is 5.24. The molecule has 6 heteroatoms. The van der Waals surface area contributed by atoms with Crippen LogP contribution in [0.5, 0.6) is 5.75 Å². The first kappa shape index (κ1) is 19.5. The average molecular weight is 386 g/mol. The number of nitrogens with one attached hydrogen (secondary N) is 3. The van der Waals surface area contributed by atoms with Crippen LogP contribution in [0.3, 0.4) is 0 Å². The Kier molecular flexibility index (Phi) is 7.30. The minimum Gasteiger partial charge on any atom is -0.497 e. The van der Waals surface area contributed by atoms with Crippen LogP contribution in [0.4, 0.5) is 11.4 Å². The second kappa shape index (κ2) is 10.1. The Morgan fingerprint density at radius 2 is 1.78 bits per heavy atom. The van der Waals surface area contributed by atoms with Gasteiger partial charge in [-0.1, -0.05) is 18.2 Å². The molecule has 1 aliphatic heterocycles. The maximum atomic E-state index is 5.35. The van der Waals surface area contributed by atoms with Crippen LogP contribution in [0.15, 0.2) is 54.6 Å². The molecule has 2 aromatic rings. The zero-order valence-corrected chi connectivity index (χ0v) is 16.7. The lowest BCUT2D eigenvalue weighted by molar-refractivity contribution is -0.900. The molecule has 1 aliphatic rings. The number of hydrogen-bond acceptors (Lipinski definition) is 3. The lowest BCUT2D eigenvalue weighted by atomic mass is 10.2. The summed E-state index contributed by atoms with van der Waals surface area (Å²) >= 11 is 5.35. The molecule has 3 N–H and O–H groups in total. The van der Waals surface area contributed by atoms with E-state index in [9.17, 15) is 0 Å². The number of quaternary nitrogens is 1. The Labute approximate surface area is 167 Å². The molecule has 0 atom stereocenters. The van der Waals surface area contributed by atoms with Crippen molar-refractivity contribution in [3.05, 3.63) is 54.6 Å². The van der Waals surface area contributed by atoms with Gasteiger partial charge in [0.05, 0.1) is 39.8 Å². The van der Waals surface area contributed by atoms with E-state index in [0.717, 1.165) is 37.5 Å². The van der Waals surface area contributed by atoms with E-state index in [1.165, 1.54) is 25.3 Å². The molecule has 0 aromatic heterocycles. The standard InChI is InChI=1S/C21H28N4OS/c1-26-20-10-8-19(9-11-20)25-16-14-24(15-17-25)13-5-12-22-21(27)23-18-6-3-2-4-7-18/h2-4,6-11H,5,12-17H2,1H3,(H2,22,23,27)/p+1. The molecule has 0 aliphatic carbocycles. The van der Waals surface area contributed by atoms with E-state index in [-0.39, 0.29) is 0 Å². The monoisotopic (exact) mass is 385 g/mol. The number of piperazine rings is 1. The summed E-state index contributed by atoms with van der Waals surface area (Å²) in [6.45, 7) is 6.64. The highest BCUT2D eigenvalue weighted by molar-refractivity contribution is 7.80. The van der Waals surface area contributed by atoms with E-state index >= 15 is 0 Å². The average Bonchev–Trinajstić information content (AvgIpc) is 2.72. The third-order valence-corrected chi connectivity index (χ3v) is 5.18. The van der Waals surface area contributed by atoms with Crippen molar-refractivity contribution in [1.82, 2.24) is 5.32 Å². The van der Waals surface area contributed by atoms with Crippen LogP contribution in [0.2, 0.25) is 0 Å². The van der Waals surface area contributed by atoms with Crippen LogP contribution >= 0.6 is 12.2 Å². The van der Waals surface area contributed by atoms with Gasteiger partial charge in [0, 0.05) is 24.3 Å². The lowest BCUT2D eigenvalue weighted by Gasteiger charge is -2.33. The Morgan fingerprint density at radius 1 is 1.07 bits per heavy atom. The molecular formula is C21H29N4OS+. The molecule has 5 nitrogen and oxygen atoms in total. The number of benzene rings is 2. The fourth-order valence-corrected chi connectivity index (χ4v) is 3.58. The Hall–Kier alpha value is -2.31. The first-order valence-corrected chi connectivity index (χ1v) is 9.98. The van der Waals surface area contributed by atoms with E-state index in [1.807, 2.05) is 42.5 Å². The summed E-state index contributed by atoms with van der Waals surface area (Å²) in [6.07, 6.45) is 1.12. The summed E-state index contributed by atoms with van der Waals surface area (Å²) in [5.74, 6) is 0.912. The Morgan fingerprint density at radius 3 is 2.44 bits per heavy atom. The number of ether oxygens (including phenoxy) is 1. The number of para-hydroxylation sites is 1. The van der Waals surface area contributed by atoms with Gasteiger partial charge in [0.15, 0.2) is 5.11 Å². The van der Waals surface area contributed by atoms with Gasteiger partial charge in [0.2, 0.25) is 0 Å². The van der Waals surface area contributed by atoms with Gasteiger partial charge in [-0.3, -0.25) is 0 Å². The topological polar surface area (TPSA) is 41.0 Å². The number of hydrogen-bond donors (Lipinski definition) is 3. The van der Waals surface area contributed by atoms with E-state index in [1.54, 1.807) is 12.0 Å². The molecule has 3 rings (SSSR count). The number of anilines is 2. The largest absolute Gasteiger partial charge is 0.497 e. The molecule has 1 fully saturated rings. The molecule has 27 heavy (non-hydrogen) atoms. The molecule has 0 amide bonds. The van der Waals surface area contributed by atoms with Gasteiger partial charge in [-0.25, -0.2) is 0 Å². The maximum absolute atomic E-state index is 5.35. The molecule has 144 valence electrons. The highest BCUT2D eigenvalue weighted by Crippen LogP contribution is 2.18. The van der Waals surface area contributed by atoms with Crippen molar-refractivity contribution in [3.8, 4) is 5.75 Å². The van der Waals surface area contributed by atoms with Crippen molar-refractivity contribution in [3.63, 3.8) is 0 Å². The van der Waals surface area contributed by atoms with E-state index in [0.29, 0.717) is 5.11 Å². The van der Waals surface area contributed by atoms with Crippen LogP contribution in [0.25, 0.3) is 0 Å². The molecule has 0 spiro atoms. The van der Waals surface area contributed by atoms with E-state index in [2.05, 4.69) is 27.7 Å². The molecule has 0 unspecified atom stereocenters. The van der Waals surface area contributed by atoms with Crippen molar-refractivity contribution < 1.29 is 9.64 Å². The summed E-state index contributed by atoms with van der Waals surface area (Å²) in [4.78, 5) is 4.13. The molecule has 2 aromatic carbocycles. The Balaban J connectivity index is 1.31. The fraction of sp³-hybridized carbons (Fsp3) is 0.381. The highest BCUT2D eigenvalue weighted by Gasteiger charge is 2.19. The minimum absolute atomic E-state index is 0.695. The predicted molar refractivity (Wildman–Crippen MR) is 116 cm³/mol. The molecule has 1 saturated heterocycles. The quantitative estimate of drug-likeness (QED) is 0.501. The zero-order valence-electron chi connectivity index (χ0n) is 15.9. The third kappa shape index (κ3) is 6.12. The van der Waals surface area contributed by atoms with Crippen molar-refractivity contribution in [2.24, 2.45) is 0 Å². The van der Waals surface area contributed by atoms with Gasteiger partial charge < -0.3 is 25.2 Å². The fourth-order valence-electron chi connectivity index (χ4n) is 3.36. The highest BCUT2D eigenvalue weighted by atomic mass is 32.1. The minimum atomic E-state index is 0.695. The number of nitrogens with zero attached hydrogens (tertiary/aromatic N) is 1. The normalized spacial score (nSPS) is 14.6. The molecule has 1 heterocycles. The van der Waals surface area contributed by atoms with Gasteiger partial charge >= 0.3 is 0 Å². The van der Waals surface area contributed by atoms with Crippen molar-refractivity contribution >= 4 is 28.7 Å². The third-order valence-electron chi connectivity index (χ3n) is 4.93. The first-order valence-electron chi connectivity index (χ1n) is 9.57. The SMILES string of the molecule is COc1ccc(N2CC[NH+](CCCNC(=S)Nc3ccccc3)CC2)cc1. The second-order valence-corrected chi connectivity index (χ2v) is 7.19. The maximum Gasteiger partial charge on any atom is 0.170 e. The van der Waals surface area contributed by atoms with Crippen molar-refractivity contribution in [2.45, 2.75) is 6.42 Å².